The molecule has 1 aliphatic rings. The molecule has 1 saturated heterocycles. The number of hydrogen-bond donors (Lipinski definition) is 1. The number of thiophene rings is 1. The Morgan fingerprint density at radius 2 is 2.19 bits per heavy atom. The van der Waals surface area contributed by atoms with E-state index in [1.54, 1.807) is 0 Å². The molecule has 1 N–H and O–H groups in total. The summed E-state index contributed by atoms with van der Waals surface area (Å²) in [5.74, 6) is 4.13. The predicted molar refractivity (Wildman–Crippen MR) is 95.1 cm³/mol. The monoisotopic (exact) mass is 416 g/mol. The molecule has 0 atom stereocenters. The van der Waals surface area contributed by atoms with E-state index in [1.165, 1.54) is 6.07 Å². The topological polar surface area (TPSA) is 60.3 Å². The standard InChI is InChI=1S/C17H12ClF3N2O3S/c18-15-10(2-1-9-7-26-8-9)3-13(27-15)16(24)22-11-4-12(19)17(25)23(5-11)6-14(20)21/h3-5,9,14H,6-8H2,(H,22,24). The van der Waals surface area contributed by atoms with Crippen LogP contribution in [0.15, 0.2) is 23.1 Å². The molecule has 2 aromatic rings. The summed E-state index contributed by atoms with van der Waals surface area (Å²) in [6.07, 6.45) is -1.88. The number of carbonyl (C=O) groups excluding carboxylic acids is 1. The van der Waals surface area contributed by atoms with E-state index >= 15 is 0 Å². The molecule has 3 rings (SSSR count). The lowest BCUT2D eigenvalue weighted by atomic mass is 10.1. The SMILES string of the molecule is O=C(Nc1cc(F)c(=O)n(CC(F)F)c1)c1cc(C#CC2COC2)c(Cl)s1. The summed E-state index contributed by atoms with van der Waals surface area (Å²) < 4.78 is 44.5. The van der Waals surface area contributed by atoms with Crippen molar-refractivity contribution >= 4 is 34.5 Å². The third-order valence-corrected chi connectivity index (χ3v) is 4.95. The van der Waals surface area contributed by atoms with E-state index in [0.717, 1.165) is 23.6 Å². The first kappa shape index (κ1) is 19.5. The number of hydrogen-bond acceptors (Lipinski definition) is 4. The summed E-state index contributed by atoms with van der Waals surface area (Å²) in [7, 11) is 0. The lowest BCUT2D eigenvalue weighted by molar-refractivity contribution is -0.00300. The van der Waals surface area contributed by atoms with Gasteiger partial charge in [-0.25, -0.2) is 13.2 Å². The van der Waals surface area contributed by atoms with Gasteiger partial charge in [-0.3, -0.25) is 9.59 Å². The predicted octanol–water partition coefficient (Wildman–Crippen LogP) is 3.22. The van der Waals surface area contributed by atoms with E-state index in [2.05, 4.69) is 17.2 Å². The maximum Gasteiger partial charge on any atom is 0.286 e. The smallest absolute Gasteiger partial charge is 0.286 e. The van der Waals surface area contributed by atoms with E-state index in [9.17, 15) is 22.8 Å². The maximum absolute atomic E-state index is 13.6. The highest BCUT2D eigenvalue weighted by Gasteiger charge is 2.17. The zero-order valence-electron chi connectivity index (χ0n) is 13.6. The number of nitrogens with one attached hydrogen (secondary N) is 1. The quantitative estimate of drug-likeness (QED) is 0.778. The summed E-state index contributed by atoms with van der Waals surface area (Å²) in [4.78, 5) is 24.1. The Morgan fingerprint density at radius 3 is 2.81 bits per heavy atom. The summed E-state index contributed by atoms with van der Waals surface area (Å²) in [6.45, 7) is 0.138. The van der Waals surface area contributed by atoms with Gasteiger partial charge < -0.3 is 14.6 Å². The van der Waals surface area contributed by atoms with Crippen molar-refractivity contribution in [2.45, 2.75) is 13.0 Å². The highest BCUT2D eigenvalue weighted by molar-refractivity contribution is 7.18. The van der Waals surface area contributed by atoms with Crippen molar-refractivity contribution in [1.82, 2.24) is 4.57 Å². The third kappa shape index (κ3) is 4.71. The summed E-state index contributed by atoms with van der Waals surface area (Å²) in [5, 5.41) is 2.37. The molecule has 0 bridgehead atoms. The number of ether oxygens (including phenoxy) is 1. The molecule has 5 nitrogen and oxygen atoms in total. The molecule has 1 aliphatic heterocycles. The van der Waals surface area contributed by atoms with E-state index in [4.69, 9.17) is 16.3 Å². The molecule has 0 spiro atoms. The van der Waals surface area contributed by atoms with Gasteiger partial charge in [0.2, 0.25) is 0 Å². The lowest BCUT2D eigenvalue weighted by Gasteiger charge is -2.19. The van der Waals surface area contributed by atoms with Gasteiger partial charge in [-0.1, -0.05) is 23.4 Å². The Balaban J connectivity index is 1.78. The van der Waals surface area contributed by atoms with Gasteiger partial charge >= 0.3 is 0 Å². The largest absolute Gasteiger partial charge is 0.379 e. The number of nitrogens with zero attached hydrogens (tertiary/aromatic N) is 1. The number of anilines is 1. The fraction of sp³-hybridized carbons (Fsp3) is 0.294. The van der Waals surface area contributed by atoms with Gasteiger partial charge in [-0.05, 0) is 6.07 Å². The number of aromatic nitrogens is 1. The Bertz CT molecular complexity index is 990. The first-order chi connectivity index (χ1) is 12.8. The van der Waals surface area contributed by atoms with Crippen molar-refractivity contribution in [3.8, 4) is 11.8 Å². The van der Waals surface area contributed by atoms with Gasteiger partial charge in [0, 0.05) is 12.3 Å². The van der Waals surface area contributed by atoms with Crippen LogP contribution in [-0.2, 0) is 11.3 Å². The number of alkyl halides is 2. The zero-order valence-corrected chi connectivity index (χ0v) is 15.2. The molecule has 1 amide bonds. The molecule has 27 heavy (non-hydrogen) atoms. The van der Waals surface area contributed by atoms with Crippen molar-refractivity contribution in [3.05, 3.63) is 49.3 Å². The van der Waals surface area contributed by atoms with Crippen LogP contribution in [0.25, 0.3) is 0 Å². The van der Waals surface area contributed by atoms with Gasteiger partial charge in [0.15, 0.2) is 5.82 Å². The zero-order chi connectivity index (χ0) is 19.6. The van der Waals surface area contributed by atoms with E-state index < -0.39 is 30.3 Å². The summed E-state index contributed by atoms with van der Waals surface area (Å²) in [5.41, 5.74) is -0.834. The second-order valence-corrected chi connectivity index (χ2v) is 7.34. The number of pyridine rings is 1. The Kier molecular flexibility index (Phi) is 5.89. The molecule has 10 heteroatoms. The Labute approximate surface area is 160 Å². The molecule has 0 saturated carbocycles. The molecular weight excluding hydrogens is 405 g/mol. The lowest BCUT2D eigenvalue weighted by Crippen LogP contribution is -2.26. The van der Waals surface area contributed by atoms with Crippen LogP contribution in [0.4, 0.5) is 18.9 Å². The second kappa shape index (κ2) is 8.17. The van der Waals surface area contributed by atoms with Crippen LogP contribution in [0.1, 0.15) is 15.2 Å². The minimum atomic E-state index is -2.84. The van der Waals surface area contributed by atoms with Crippen LogP contribution in [-0.4, -0.2) is 30.1 Å². The van der Waals surface area contributed by atoms with Gasteiger partial charge in [0.05, 0.1) is 41.8 Å². The second-order valence-electron chi connectivity index (χ2n) is 5.68. The van der Waals surface area contributed by atoms with Crippen LogP contribution in [0, 0.1) is 23.6 Å². The van der Waals surface area contributed by atoms with Crippen molar-refractivity contribution in [1.29, 1.82) is 0 Å². The maximum atomic E-state index is 13.6. The number of carbonyl (C=O) groups is 1. The van der Waals surface area contributed by atoms with Gasteiger partial charge in [-0.15, -0.1) is 11.3 Å². The number of halogens is 4. The first-order valence-corrected chi connectivity index (χ1v) is 8.91. The molecule has 0 aromatic carbocycles. The highest BCUT2D eigenvalue weighted by Crippen LogP contribution is 2.28. The summed E-state index contributed by atoms with van der Waals surface area (Å²) in [6, 6.07) is 2.26. The highest BCUT2D eigenvalue weighted by atomic mass is 35.5. The van der Waals surface area contributed by atoms with Crippen LogP contribution in [0.3, 0.4) is 0 Å². The van der Waals surface area contributed by atoms with Crippen LogP contribution < -0.4 is 10.9 Å². The van der Waals surface area contributed by atoms with Crippen molar-refractivity contribution in [3.63, 3.8) is 0 Å². The number of amides is 1. The minimum absolute atomic E-state index is 0.124. The molecule has 1 fully saturated rings. The minimum Gasteiger partial charge on any atom is -0.379 e. The average Bonchev–Trinajstić information content (AvgIpc) is 2.91. The van der Waals surface area contributed by atoms with Gasteiger partial charge in [0.25, 0.3) is 17.9 Å². The first-order valence-electron chi connectivity index (χ1n) is 7.71. The molecular formula is C17H12ClF3N2O3S. The molecule has 3 heterocycles. The van der Waals surface area contributed by atoms with Crippen molar-refractivity contribution in [2.24, 2.45) is 5.92 Å². The van der Waals surface area contributed by atoms with Crippen LogP contribution in [0.2, 0.25) is 4.34 Å². The van der Waals surface area contributed by atoms with E-state index in [0.29, 0.717) is 27.7 Å². The molecule has 0 aliphatic carbocycles. The molecule has 142 valence electrons. The fourth-order valence-corrected chi connectivity index (χ4v) is 3.29. The van der Waals surface area contributed by atoms with Crippen LogP contribution >= 0.6 is 22.9 Å². The fourth-order valence-electron chi connectivity index (χ4n) is 2.21. The van der Waals surface area contributed by atoms with Crippen molar-refractivity contribution in [2.75, 3.05) is 18.5 Å². The molecule has 0 radical (unpaired) electrons. The Morgan fingerprint density at radius 1 is 1.44 bits per heavy atom. The Hall–Kier alpha value is -2.28. The number of rotatable bonds is 4. The van der Waals surface area contributed by atoms with E-state index in [-0.39, 0.29) is 16.5 Å². The van der Waals surface area contributed by atoms with E-state index in [1.807, 2.05) is 0 Å². The average molecular weight is 417 g/mol. The van der Waals surface area contributed by atoms with Gasteiger partial charge in [0.1, 0.15) is 4.34 Å². The summed E-state index contributed by atoms with van der Waals surface area (Å²) >= 11 is 7.06. The third-order valence-electron chi connectivity index (χ3n) is 3.59. The van der Waals surface area contributed by atoms with Crippen LogP contribution in [0.5, 0.6) is 0 Å². The molecule has 0 unspecified atom stereocenters. The van der Waals surface area contributed by atoms with Crippen molar-refractivity contribution < 1.29 is 22.7 Å². The van der Waals surface area contributed by atoms with Gasteiger partial charge in [-0.2, -0.15) is 0 Å². The normalized spacial score (nSPS) is 13.8. The molecule has 2 aromatic heterocycles.